The Morgan fingerprint density at radius 3 is 3.05 bits per heavy atom. The van der Waals surface area contributed by atoms with E-state index in [1.54, 1.807) is 6.92 Å². The topological polar surface area (TPSA) is 96.8 Å². The molecular formula is C10H14N2O5S2. The second kappa shape index (κ2) is 5.53. The number of aromatic carboxylic acids is 1. The Labute approximate surface area is 114 Å². The molecular weight excluding hydrogens is 292 g/mol. The average Bonchev–Trinajstić information content (AvgIpc) is 2.73. The third-order valence-corrected chi connectivity index (χ3v) is 5.94. The van der Waals surface area contributed by atoms with Crippen LogP contribution in [-0.2, 0) is 14.8 Å². The molecule has 2 rings (SSSR count). The number of carboxylic acids is 1. The van der Waals surface area contributed by atoms with Crippen molar-refractivity contribution < 1.29 is 23.1 Å². The van der Waals surface area contributed by atoms with Gasteiger partial charge in [-0.1, -0.05) is 0 Å². The molecule has 2 heterocycles. The van der Waals surface area contributed by atoms with Crippen LogP contribution in [0.25, 0.3) is 0 Å². The second-order valence-electron chi connectivity index (χ2n) is 4.19. The van der Waals surface area contributed by atoms with Crippen molar-refractivity contribution in [1.29, 1.82) is 0 Å². The minimum Gasteiger partial charge on any atom is -0.476 e. The molecule has 19 heavy (non-hydrogen) atoms. The lowest BCUT2D eigenvalue weighted by molar-refractivity contribution is 0.0687. The van der Waals surface area contributed by atoms with Gasteiger partial charge in [0.05, 0.1) is 11.6 Å². The number of carboxylic acid groups (broad SMARTS) is 1. The van der Waals surface area contributed by atoms with E-state index in [4.69, 9.17) is 9.84 Å². The first-order valence-corrected chi connectivity index (χ1v) is 8.03. The molecule has 0 spiro atoms. The Kier molecular flexibility index (Phi) is 4.19. The number of sulfonamides is 1. The van der Waals surface area contributed by atoms with Crippen LogP contribution < -0.4 is 0 Å². The summed E-state index contributed by atoms with van der Waals surface area (Å²) in [4.78, 5) is 14.6. The highest BCUT2D eigenvalue weighted by atomic mass is 32.2. The zero-order valence-corrected chi connectivity index (χ0v) is 11.9. The van der Waals surface area contributed by atoms with Crippen molar-refractivity contribution in [2.24, 2.45) is 0 Å². The van der Waals surface area contributed by atoms with Crippen LogP contribution >= 0.6 is 11.3 Å². The summed E-state index contributed by atoms with van der Waals surface area (Å²) in [6.07, 6.45) is 0.378. The van der Waals surface area contributed by atoms with E-state index in [9.17, 15) is 13.2 Å². The van der Waals surface area contributed by atoms with Crippen molar-refractivity contribution in [2.75, 3.05) is 19.7 Å². The van der Waals surface area contributed by atoms with Crippen LogP contribution in [0.4, 0.5) is 0 Å². The average molecular weight is 306 g/mol. The van der Waals surface area contributed by atoms with Crippen LogP contribution in [0.2, 0.25) is 0 Å². The van der Waals surface area contributed by atoms with Crippen molar-refractivity contribution in [3.8, 4) is 0 Å². The Morgan fingerprint density at radius 2 is 2.37 bits per heavy atom. The maximum absolute atomic E-state index is 12.4. The number of hydrogen-bond donors (Lipinski definition) is 1. The molecule has 1 aliphatic rings. The van der Waals surface area contributed by atoms with E-state index in [1.807, 2.05) is 0 Å². The highest BCUT2D eigenvalue weighted by Crippen LogP contribution is 2.25. The predicted octanol–water partition coefficient (Wildman–Crippen LogP) is 0.641. The molecule has 9 heteroatoms. The van der Waals surface area contributed by atoms with Gasteiger partial charge >= 0.3 is 5.97 Å². The molecule has 0 aliphatic carbocycles. The summed E-state index contributed by atoms with van der Waals surface area (Å²) >= 11 is 0.824. The number of aromatic nitrogens is 1. The van der Waals surface area contributed by atoms with E-state index in [-0.39, 0.29) is 16.9 Å². The molecule has 1 saturated heterocycles. The zero-order valence-electron chi connectivity index (χ0n) is 10.3. The molecule has 0 bridgehead atoms. The number of thiazole rings is 1. The fourth-order valence-electron chi connectivity index (χ4n) is 1.85. The monoisotopic (exact) mass is 306 g/mol. The number of rotatable bonds is 3. The van der Waals surface area contributed by atoms with Gasteiger partial charge in [0.2, 0.25) is 0 Å². The van der Waals surface area contributed by atoms with Crippen LogP contribution in [0.5, 0.6) is 0 Å². The first kappa shape index (κ1) is 14.4. The van der Waals surface area contributed by atoms with Crippen molar-refractivity contribution >= 4 is 27.3 Å². The first-order valence-electron chi connectivity index (χ1n) is 5.71. The normalized spacial score (nSPS) is 22.1. The summed E-state index contributed by atoms with van der Waals surface area (Å²) in [5.74, 6) is -1.33. The van der Waals surface area contributed by atoms with Crippen LogP contribution in [0, 0.1) is 0 Å². The molecule has 106 valence electrons. The quantitative estimate of drug-likeness (QED) is 0.880. The molecule has 1 unspecified atom stereocenters. The second-order valence-corrected chi connectivity index (χ2v) is 7.18. The Morgan fingerprint density at radius 1 is 1.63 bits per heavy atom. The van der Waals surface area contributed by atoms with Gasteiger partial charge in [-0.15, -0.1) is 11.3 Å². The predicted molar refractivity (Wildman–Crippen MR) is 67.9 cm³/mol. The van der Waals surface area contributed by atoms with Gasteiger partial charge in [0.15, 0.2) is 9.90 Å². The molecule has 0 amide bonds. The molecule has 7 nitrogen and oxygen atoms in total. The third kappa shape index (κ3) is 2.94. The highest BCUT2D eigenvalue weighted by Gasteiger charge is 2.33. The number of ether oxygens (including phenoxy) is 1. The van der Waals surface area contributed by atoms with Crippen molar-refractivity contribution in [1.82, 2.24) is 9.29 Å². The largest absolute Gasteiger partial charge is 0.476 e. The van der Waals surface area contributed by atoms with Crippen LogP contribution in [0.1, 0.15) is 23.8 Å². The van der Waals surface area contributed by atoms with E-state index in [0.29, 0.717) is 19.6 Å². The van der Waals surface area contributed by atoms with Gasteiger partial charge in [0.25, 0.3) is 10.0 Å². The van der Waals surface area contributed by atoms with Gasteiger partial charge in [-0.2, -0.15) is 4.31 Å². The Bertz CT molecular complexity index is 568. The van der Waals surface area contributed by atoms with E-state index < -0.39 is 21.7 Å². The summed E-state index contributed by atoms with van der Waals surface area (Å²) in [6, 6.07) is 0. The smallest absolute Gasteiger partial charge is 0.356 e. The van der Waals surface area contributed by atoms with E-state index in [1.165, 1.54) is 9.82 Å². The van der Waals surface area contributed by atoms with Gasteiger partial charge in [0.1, 0.15) is 0 Å². The van der Waals surface area contributed by atoms with E-state index in [2.05, 4.69) is 4.98 Å². The van der Waals surface area contributed by atoms with E-state index >= 15 is 0 Å². The SMILES string of the molecule is CC1CN(S(=O)(=O)c2scnc2C(=O)O)CCCO1. The molecule has 1 atom stereocenters. The van der Waals surface area contributed by atoms with E-state index in [0.717, 1.165) is 11.3 Å². The maximum atomic E-state index is 12.4. The first-order chi connectivity index (χ1) is 8.93. The highest BCUT2D eigenvalue weighted by molar-refractivity contribution is 7.91. The lowest BCUT2D eigenvalue weighted by atomic mass is 10.4. The lowest BCUT2D eigenvalue weighted by Gasteiger charge is -2.20. The maximum Gasteiger partial charge on any atom is 0.356 e. The molecule has 0 aromatic carbocycles. The van der Waals surface area contributed by atoms with Crippen molar-refractivity contribution in [3.63, 3.8) is 0 Å². The lowest BCUT2D eigenvalue weighted by Crippen LogP contribution is -2.36. The van der Waals surface area contributed by atoms with Gasteiger partial charge in [-0.25, -0.2) is 18.2 Å². The molecule has 1 fully saturated rings. The van der Waals surface area contributed by atoms with Gasteiger partial charge in [-0.05, 0) is 13.3 Å². The zero-order chi connectivity index (χ0) is 14.0. The molecule has 1 aromatic rings. The molecule has 1 aromatic heterocycles. The summed E-state index contributed by atoms with van der Waals surface area (Å²) in [5, 5.41) is 8.96. The minimum atomic E-state index is -3.82. The van der Waals surface area contributed by atoms with Crippen LogP contribution in [0.3, 0.4) is 0 Å². The molecule has 0 saturated carbocycles. The van der Waals surface area contributed by atoms with Gasteiger partial charge in [-0.3, -0.25) is 0 Å². The molecule has 1 N–H and O–H groups in total. The summed E-state index contributed by atoms with van der Waals surface area (Å²) in [5.41, 5.74) is 0.816. The van der Waals surface area contributed by atoms with Gasteiger partial charge < -0.3 is 9.84 Å². The Hall–Kier alpha value is -1.03. The summed E-state index contributed by atoms with van der Waals surface area (Å²) < 4.78 is 31.3. The number of nitrogens with zero attached hydrogens (tertiary/aromatic N) is 2. The third-order valence-electron chi connectivity index (χ3n) is 2.73. The summed E-state index contributed by atoms with van der Waals surface area (Å²) in [6.45, 7) is 2.84. The van der Waals surface area contributed by atoms with Crippen molar-refractivity contribution in [3.05, 3.63) is 11.2 Å². The summed E-state index contributed by atoms with van der Waals surface area (Å²) in [7, 11) is -3.82. The number of hydrogen-bond acceptors (Lipinski definition) is 6. The fourth-order valence-corrected chi connectivity index (χ4v) is 4.68. The van der Waals surface area contributed by atoms with Gasteiger partial charge in [0, 0.05) is 19.7 Å². The number of carbonyl (C=O) groups is 1. The molecule has 1 aliphatic heterocycles. The standard InChI is InChI=1S/C10H14N2O5S2/c1-7-5-12(3-2-4-17-7)19(15,16)10-8(9(13)14)11-6-18-10/h6-7H,2-5H2,1H3,(H,13,14). The van der Waals surface area contributed by atoms with Crippen LogP contribution in [-0.4, -0.2) is 54.6 Å². The minimum absolute atomic E-state index is 0.210. The Balaban J connectivity index is 2.35. The van der Waals surface area contributed by atoms with Crippen molar-refractivity contribution in [2.45, 2.75) is 23.7 Å². The molecule has 0 radical (unpaired) electrons. The van der Waals surface area contributed by atoms with Crippen LogP contribution in [0.15, 0.2) is 9.72 Å². The fraction of sp³-hybridized carbons (Fsp3) is 0.600.